The van der Waals surface area contributed by atoms with Crippen molar-refractivity contribution in [2.75, 3.05) is 19.8 Å². The van der Waals surface area contributed by atoms with Crippen LogP contribution < -0.4 is 9.88 Å². The summed E-state index contributed by atoms with van der Waals surface area (Å²) in [5.74, 6) is -0.204. The molecule has 1 aromatic heterocycles. The van der Waals surface area contributed by atoms with Crippen molar-refractivity contribution in [3.63, 3.8) is 0 Å². The predicted octanol–water partition coefficient (Wildman–Crippen LogP) is 9.01. The van der Waals surface area contributed by atoms with Gasteiger partial charge in [0.2, 0.25) is 0 Å². The molecule has 1 N–H and O–H groups in total. The molecule has 234 valence electrons. The number of esters is 1. The molecule has 41 heavy (non-hydrogen) atoms. The number of nitrogens with zero attached hydrogens (tertiary/aromatic N) is 1. The van der Waals surface area contributed by atoms with Gasteiger partial charge in [-0.05, 0) is 26.2 Å². The minimum absolute atomic E-state index is 0.142. The van der Waals surface area contributed by atoms with Crippen LogP contribution >= 0.6 is 0 Å². The zero-order valence-corrected chi connectivity index (χ0v) is 26.5. The fourth-order valence-electron chi connectivity index (χ4n) is 4.85. The van der Waals surface area contributed by atoms with Gasteiger partial charge in [-0.25, -0.2) is 9.36 Å². The maximum Gasteiger partial charge on any atom is 0.407 e. The van der Waals surface area contributed by atoms with E-state index in [1.807, 2.05) is 31.2 Å². The van der Waals surface area contributed by atoms with Gasteiger partial charge in [0.1, 0.15) is 19.8 Å². The van der Waals surface area contributed by atoms with Gasteiger partial charge in [0, 0.05) is 37.1 Å². The number of amides is 1. The van der Waals surface area contributed by atoms with Crippen molar-refractivity contribution in [3.05, 3.63) is 42.2 Å². The van der Waals surface area contributed by atoms with Crippen LogP contribution in [0, 0.1) is 0 Å². The van der Waals surface area contributed by atoms with E-state index in [0.717, 1.165) is 44.2 Å². The van der Waals surface area contributed by atoms with Gasteiger partial charge in [0.15, 0.2) is 12.4 Å². The molecule has 0 fully saturated rings. The molecule has 6 heteroatoms. The molecule has 0 atom stereocenters. The summed E-state index contributed by atoms with van der Waals surface area (Å²) in [6, 6.07) is 6.04. The summed E-state index contributed by atoms with van der Waals surface area (Å²) < 4.78 is 12.8. The number of hydrogen-bond donors (Lipinski definition) is 1. The number of nitrogens with one attached hydrogen (secondary N) is 1. The van der Waals surface area contributed by atoms with E-state index in [1.54, 1.807) is 0 Å². The van der Waals surface area contributed by atoms with Crippen molar-refractivity contribution in [2.45, 2.75) is 149 Å². The Morgan fingerprint density at radius 1 is 0.659 bits per heavy atom. The number of rotatable bonds is 27. The second-order valence-corrected chi connectivity index (χ2v) is 11.3. The van der Waals surface area contributed by atoms with Gasteiger partial charge >= 0.3 is 12.1 Å². The molecule has 0 radical (unpaired) electrons. The summed E-state index contributed by atoms with van der Waals surface area (Å²) in [5, 5.41) is 2.83. The summed E-state index contributed by atoms with van der Waals surface area (Å²) in [7, 11) is 0. The number of carbonyl (C=O) groups is 2. The molecule has 0 aliphatic heterocycles. The highest BCUT2D eigenvalue weighted by molar-refractivity contribution is 5.69. The number of unbranched alkanes of at least 4 members (excludes halogenated alkanes) is 17. The summed E-state index contributed by atoms with van der Waals surface area (Å²) in [4.78, 5) is 24.0. The number of aryl methyl sites for hydroxylation is 1. The van der Waals surface area contributed by atoms with Crippen LogP contribution in [-0.2, 0) is 20.8 Å². The third kappa shape index (κ3) is 24.0. The van der Waals surface area contributed by atoms with Crippen LogP contribution in [0.4, 0.5) is 4.79 Å². The van der Waals surface area contributed by atoms with E-state index in [1.165, 1.54) is 89.9 Å². The molecule has 0 aliphatic carbocycles. The van der Waals surface area contributed by atoms with Gasteiger partial charge < -0.3 is 14.8 Å². The van der Waals surface area contributed by atoms with E-state index in [0.29, 0.717) is 13.0 Å². The smallest absolute Gasteiger partial charge is 0.407 e. The van der Waals surface area contributed by atoms with E-state index in [-0.39, 0.29) is 19.2 Å². The van der Waals surface area contributed by atoms with Crippen LogP contribution in [0.3, 0.4) is 0 Å². The molecule has 0 unspecified atom stereocenters. The van der Waals surface area contributed by atoms with Gasteiger partial charge in [-0.3, -0.25) is 4.79 Å². The molecule has 1 amide bonds. The fraction of sp³-hybridized carbons (Fsp3) is 0.743. The number of alkyl carbamates (subject to hydrolysis) is 1. The zero-order chi connectivity index (χ0) is 29.6. The summed E-state index contributed by atoms with van der Waals surface area (Å²) in [5.41, 5.74) is 0.788. The average Bonchev–Trinajstić information content (AvgIpc) is 2.99. The minimum Gasteiger partial charge on any atom is -0.461 e. The van der Waals surface area contributed by atoms with Gasteiger partial charge in [-0.2, -0.15) is 0 Å². The maximum atomic E-state index is 12.0. The minimum atomic E-state index is -0.409. The zero-order valence-electron chi connectivity index (χ0n) is 26.5. The first-order valence-corrected chi connectivity index (χ1v) is 16.8. The molecule has 0 saturated heterocycles. The van der Waals surface area contributed by atoms with Crippen LogP contribution in [0.15, 0.2) is 42.2 Å². The van der Waals surface area contributed by atoms with Gasteiger partial charge in [0.05, 0.1) is 0 Å². The maximum absolute atomic E-state index is 12.0. The Labute approximate surface area is 251 Å². The highest BCUT2D eigenvalue weighted by Gasteiger charge is 2.08. The predicted molar refractivity (Wildman–Crippen MR) is 169 cm³/mol. The number of aromatic nitrogens is 1. The molecular weight excluding hydrogens is 512 g/mol. The lowest BCUT2D eigenvalue weighted by Crippen LogP contribution is -2.32. The third-order valence-corrected chi connectivity index (χ3v) is 7.59. The number of ether oxygens (including phenoxy) is 2. The van der Waals surface area contributed by atoms with Crippen molar-refractivity contribution in [1.82, 2.24) is 5.32 Å². The van der Waals surface area contributed by atoms with Crippen molar-refractivity contribution in [2.24, 2.45) is 0 Å². The van der Waals surface area contributed by atoms with E-state index in [2.05, 4.69) is 29.2 Å². The molecule has 1 aromatic rings. The molecule has 0 spiro atoms. The molecular formula is C35H61N2O4+. The average molecular weight is 574 g/mol. The summed E-state index contributed by atoms with van der Waals surface area (Å²) in [6.45, 7) is 6.05. The Morgan fingerprint density at radius 2 is 1.17 bits per heavy atom. The monoisotopic (exact) mass is 573 g/mol. The molecule has 1 rings (SSSR count). The van der Waals surface area contributed by atoms with Crippen LogP contribution in [0.25, 0.3) is 0 Å². The molecule has 1 heterocycles. The number of pyridine rings is 1. The quantitative estimate of drug-likeness (QED) is 0.0493. The Morgan fingerprint density at radius 3 is 1.73 bits per heavy atom. The van der Waals surface area contributed by atoms with Crippen LogP contribution in [0.2, 0.25) is 0 Å². The van der Waals surface area contributed by atoms with Crippen molar-refractivity contribution >= 4 is 12.1 Å². The largest absolute Gasteiger partial charge is 0.461 e. The van der Waals surface area contributed by atoms with Gasteiger partial charge in [-0.15, -0.1) is 0 Å². The first-order chi connectivity index (χ1) is 20.2. The van der Waals surface area contributed by atoms with Gasteiger partial charge in [0.25, 0.3) is 0 Å². The van der Waals surface area contributed by atoms with E-state index < -0.39 is 6.09 Å². The SMILES string of the molecule is CC=C(COC(=O)CCCCC[n+]1ccccc1)COC(=O)NCCCCCCCCCCCCCCCCCC. The second kappa shape index (κ2) is 27.8. The third-order valence-electron chi connectivity index (χ3n) is 7.59. The second-order valence-electron chi connectivity index (χ2n) is 11.3. The lowest BCUT2D eigenvalue weighted by molar-refractivity contribution is -0.697. The summed E-state index contributed by atoms with van der Waals surface area (Å²) in [6.07, 6.45) is 30.1. The van der Waals surface area contributed by atoms with E-state index >= 15 is 0 Å². The Kier molecular flexibility index (Phi) is 24.8. The Bertz CT molecular complexity index is 782. The Hall–Kier alpha value is -2.37. The first kappa shape index (κ1) is 36.7. The van der Waals surface area contributed by atoms with E-state index in [4.69, 9.17) is 9.47 Å². The number of carbonyl (C=O) groups excluding carboxylic acids is 2. The number of allylic oxidation sites excluding steroid dienone is 1. The van der Waals surface area contributed by atoms with Crippen LogP contribution in [0.1, 0.15) is 142 Å². The molecule has 0 bridgehead atoms. The van der Waals surface area contributed by atoms with E-state index in [9.17, 15) is 9.59 Å². The normalized spacial score (nSPS) is 11.4. The number of hydrogen-bond acceptors (Lipinski definition) is 4. The van der Waals surface area contributed by atoms with Crippen molar-refractivity contribution in [1.29, 1.82) is 0 Å². The summed E-state index contributed by atoms with van der Waals surface area (Å²) >= 11 is 0. The standard InChI is InChI=1S/C35H60N2O4/c1-3-5-6-7-8-9-10-11-12-13-14-15-16-17-18-22-27-36-35(39)41-32-33(4-2)31-40-34(38)26-21-19-23-28-37-29-24-20-25-30-37/h4,20,24-25,29-30H,3,5-19,21-23,26-28,31-32H2,1-2H3/p+1. The van der Waals surface area contributed by atoms with Crippen LogP contribution in [0.5, 0.6) is 0 Å². The highest BCUT2D eigenvalue weighted by Crippen LogP contribution is 2.13. The lowest BCUT2D eigenvalue weighted by Gasteiger charge is -2.10. The highest BCUT2D eigenvalue weighted by atomic mass is 16.6. The van der Waals surface area contributed by atoms with Crippen LogP contribution in [-0.4, -0.2) is 31.8 Å². The fourth-order valence-corrected chi connectivity index (χ4v) is 4.85. The van der Waals surface area contributed by atoms with Crippen molar-refractivity contribution in [3.8, 4) is 0 Å². The molecule has 0 aromatic carbocycles. The molecule has 6 nitrogen and oxygen atoms in total. The van der Waals surface area contributed by atoms with Crippen molar-refractivity contribution < 1.29 is 23.6 Å². The van der Waals surface area contributed by atoms with Gasteiger partial charge in [-0.1, -0.05) is 115 Å². The first-order valence-electron chi connectivity index (χ1n) is 16.8. The lowest BCUT2D eigenvalue weighted by atomic mass is 10.0. The molecule has 0 aliphatic rings. The topological polar surface area (TPSA) is 68.5 Å². The molecule has 0 saturated carbocycles. The Balaban J connectivity index is 1.88.